The summed E-state index contributed by atoms with van der Waals surface area (Å²) in [7, 11) is 0. The molecule has 0 saturated heterocycles. The lowest BCUT2D eigenvalue weighted by Crippen LogP contribution is -2.16. The SMILES string of the molecule is CC1CCCC1CNc1ccnc2cc(N)ccc12. The van der Waals surface area contributed by atoms with E-state index in [0.29, 0.717) is 0 Å². The van der Waals surface area contributed by atoms with Crippen LogP contribution in [0.3, 0.4) is 0 Å². The quantitative estimate of drug-likeness (QED) is 0.823. The third kappa shape index (κ3) is 2.50. The van der Waals surface area contributed by atoms with E-state index >= 15 is 0 Å². The predicted octanol–water partition coefficient (Wildman–Crippen LogP) is 3.67. The molecule has 0 aliphatic heterocycles. The molecule has 2 atom stereocenters. The summed E-state index contributed by atoms with van der Waals surface area (Å²) in [5.41, 5.74) is 8.70. The summed E-state index contributed by atoms with van der Waals surface area (Å²) >= 11 is 0. The van der Waals surface area contributed by atoms with E-state index < -0.39 is 0 Å². The van der Waals surface area contributed by atoms with Crippen LogP contribution in [0.25, 0.3) is 10.9 Å². The second-order valence-corrected chi connectivity index (χ2v) is 5.68. The fourth-order valence-corrected chi connectivity index (χ4v) is 3.09. The van der Waals surface area contributed by atoms with Crippen molar-refractivity contribution in [1.29, 1.82) is 0 Å². The normalized spacial score (nSPS) is 22.8. The number of anilines is 2. The Balaban J connectivity index is 1.81. The molecule has 3 heteroatoms. The maximum atomic E-state index is 5.81. The molecule has 0 bridgehead atoms. The number of nitrogens with zero attached hydrogens (tertiary/aromatic N) is 1. The van der Waals surface area contributed by atoms with Gasteiger partial charge in [0.25, 0.3) is 0 Å². The first-order chi connectivity index (χ1) is 9.24. The maximum Gasteiger partial charge on any atom is 0.0743 e. The number of hydrogen-bond donors (Lipinski definition) is 2. The van der Waals surface area contributed by atoms with Crippen LogP contribution in [0.1, 0.15) is 26.2 Å². The lowest BCUT2D eigenvalue weighted by molar-refractivity contribution is 0.440. The van der Waals surface area contributed by atoms with Crippen molar-refractivity contribution >= 4 is 22.3 Å². The second kappa shape index (κ2) is 5.08. The van der Waals surface area contributed by atoms with E-state index in [-0.39, 0.29) is 0 Å². The van der Waals surface area contributed by atoms with Gasteiger partial charge in [-0.2, -0.15) is 0 Å². The zero-order chi connectivity index (χ0) is 13.2. The van der Waals surface area contributed by atoms with Gasteiger partial charge in [0.15, 0.2) is 0 Å². The summed E-state index contributed by atoms with van der Waals surface area (Å²) in [6.45, 7) is 3.43. The van der Waals surface area contributed by atoms with Crippen LogP contribution >= 0.6 is 0 Å². The van der Waals surface area contributed by atoms with Crippen LogP contribution < -0.4 is 11.1 Å². The van der Waals surface area contributed by atoms with Crippen molar-refractivity contribution < 1.29 is 0 Å². The number of nitrogens with two attached hydrogens (primary N) is 1. The summed E-state index contributed by atoms with van der Waals surface area (Å²) in [6, 6.07) is 7.97. The molecule has 1 heterocycles. The average molecular weight is 255 g/mol. The minimum atomic E-state index is 0.765. The molecular weight excluding hydrogens is 234 g/mol. The van der Waals surface area contributed by atoms with Gasteiger partial charge in [0.1, 0.15) is 0 Å². The van der Waals surface area contributed by atoms with Crippen molar-refractivity contribution in [3.63, 3.8) is 0 Å². The van der Waals surface area contributed by atoms with E-state index in [1.165, 1.54) is 24.9 Å². The van der Waals surface area contributed by atoms with Crippen LogP contribution in [0.2, 0.25) is 0 Å². The first kappa shape index (κ1) is 12.3. The van der Waals surface area contributed by atoms with Gasteiger partial charge in [-0.1, -0.05) is 19.8 Å². The highest BCUT2D eigenvalue weighted by molar-refractivity contribution is 5.92. The Morgan fingerprint density at radius 3 is 3.00 bits per heavy atom. The number of rotatable bonds is 3. The van der Waals surface area contributed by atoms with Crippen LogP contribution in [0.4, 0.5) is 11.4 Å². The number of nitrogens with one attached hydrogen (secondary N) is 1. The van der Waals surface area contributed by atoms with Crippen molar-refractivity contribution in [3.05, 3.63) is 30.5 Å². The second-order valence-electron chi connectivity index (χ2n) is 5.68. The fraction of sp³-hybridized carbons (Fsp3) is 0.438. The van der Waals surface area contributed by atoms with Gasteiger partial charge < -0.3 is 11.1 Å². The molecule has 2 aromatic rings. The Bertz CT molecular complexity index is 579. The Labute approximate surface area is 114 Å². The number of aromatic nitrogens is 1. The van der Waals surface area contributed by atoms with Gasteiger partial charge >= 0.3 is 0 Å². The standard InChI is InChI=1S/C16H21N3/c1-11-3-2-4-12(11)10-19-15-7-8-18-16-9-13(17)5-6-14(15)16/h5-9,11-12H,2-4,10,17H2,1H3,(H,18,19). The van der Waals surface area contributed by atoms with Crippen molar-refractivity contribution in [2.24, 2.45) is 11.8 Å². The van der Waals surface area contributed by atoms with Crippen LogP contribution in [0.5, 0.6) is 0 Å². The largest absolute Gasteiger partial charge is 0.399 e. The summed E-state index contributed by atoms with van der Waals surface area (Å²) in [5, 5.41) is 4.75. The number of benzene rings is 1. The highest BCUT2D eigenvalue weighted by Crippen LogP contribution is 2.32. The third-order valence-electron chi connectivity index (χ3n) is 4.36. The van der Waals surface area contributed by atoms with Crippen molar-refractivity contribution in [2.45, 2.75) is 26.2 Å². The molecule has 1 aliphatic carbocycles. The van der Waals surface area contributed by atoms with E-state index in [9.17, 15) is 0 Å². The molecule has 0 spiro atoms. The summed E-state index contributed by atoms with van der Waals surface area (Å²) in [5.74, 6) is 1.65. The molecule has 3 nitrogen and oxygen atoms in total. The highest BCUT2D eigenvalue weighted by atomic mass is 14.9. The van der Waals surface area contributed by atoms with Gasteiger partial charge in [-0.05, 0) is 42.5 Å². The highest BCUT2D eigenvalue weighted by Gasteiger charge is 2.22. The number of nitrogen functional groups attached to an aromatic ring is 1. The zero-order valence-electron chi connectivity index (χ0n) is 11.4. The summed E-state index contributed by atoms with van der Waals surface area (Å²) in [4.78, 5) is 4.38. The molecule has 3 rings (SSSR count). The monoisotopic (exact) mass is 255 g/mol. The average Bonchev–Trinajstić information content (AvgIpc) is 2.81. The Hall–Kier alpha value is -1.77. The van der Waals surface area contributed by atoms with Crippen molar-refractivity contribution in [2.75, 3.05) is 17.6 Å². The molecule has 100 valence electrons. The molecule has 2 unspecified atom stereocenters. The lowest BCUT2D eigenvalue weighted by Gasteiger charge is -2.17. The van der Waals surface area contributed by atoms with Crippen molar-refractivity contribution in [1.82, 2.24) is 4.98 Å². The minimum absolute atomic E-state index is 0.765. The van der Waals surface area contributed by atoms with Gasteiger partial charge in [0.2, 0.25) is 0 Å². The molecule has 1 aliphatic rings. The maximum absolute atomic E-state index is 5.81. The smallest absolute Gasteiger partial charge is 0.0743 e. The molecular formula is C16H21N3. The number of pyridine rings is 1. The molecule has 1 saturated carbocycles. The Kier molecular flexibility index (Phi) is 3.28. The van der Waals surface area contributed by atoms with E-state index in [0.717, 1.165) is 35.0 Å². The van der Waals surface area contributed by atoms with Gasteiger partial charge in [-0.15, -0.1) is 0 Å². The molecule has 1 aromatic heterocycles. The van der Waals surface area contributed by atoms with Crippen LogP contribution in [0.15, 0.2) is 30.5 Å². The summed E-state index contributed by atoms with van der Waals surface area (Å²) < 4.78 is 0. The molecule has 0 amide bonds. The van der Waals surface area contributed by atoms with Gasteiger partial charge in [-0.3, -0.25) is 4.98 Å². The topological polar surface area (TPSA) is 50.9 Å². The Morgan fingerprint density at radius 1 is 1.32 bits per heavy atom. The van der Waals surface area contributed by atoms with Crippen molar-refractivity contribution in [3.8, 4) is 0 Å². The van der Waals surface area contributed by atoms with E-state index in [2.05, 4.69) is 29.4 Å². The number of fused-ring (bicyclic) bond motifs is 1. The first-order valence-electron chi connectivity index (χ1n) is 7.12. The van der Waals surface area contributed by atoms with Gasteiger partial charge in [-0.25, -0.2) is 0 Å². The fourth-order valence-electron chi connectivity index (χ4n) is 3.09. The predicted molar refractivity (Wildman–Crippen MR) is 81.2 cm³/mol. The molecule has 1 fully saturated rings. The van der Waals surface area contributed by atoms with Crippen LogP contribution in [0, 0.1) is 11.8 Å². The van der Waals surface area contributed by atoms with E-state index in [4.69, 9.17) is 5.73 Å². The van der Waals surface area contributed by atoms with Gasteiger partial charge in [0, 0.05) is 29.5 Å². The lowest BCUT2D eigenvalue weighted by atomic mass is 9.98. The number of hydrogen-bond acceptors (Lipinski definition) is 3. The molecule has 0 radical (unpaired) electrons. The zero-order valence-corrected chi connectivity index (χ0v) is 11.4. The van der Waals surface area contributed by atoms with E-state index in [1.807, 2.05) is 18.3 Å². The Morgan fingerprint density at radius 2 is 2.21 bits per heavy atom. The van der Waals surface area contributed by atoms with E-state index in [1.54, 1.807) is 0 Å². The molecule has 3 N–H and O–H groups in total. The molecule has 1 aromatic carbocycles. The third-order valence-corrected chi connectivity index (χ3v) is 4.36. The molecule has 19 heavy (non-hydrogen) atoms. The minimum Gasteiger partial charge on any atom is -0.399 e. The van der Waals surface area contributed by atoms with Gasteiger partial charge in [0.05, 0.1) is 5.52 Å². The summed E-state index contributed by atoms with van der Waals surface area (Å²) in [6.07, 6.45) is 5.95. The van der Waals surface area contributed by atoms with Crippen LogP contribution in [-0.4, -0.2) is 11.5 Å². The van der Waals surface area contributed by atoms with Crippen LogP contribution in [-0.2, 0) is 0 Å². The first-order valence-corrected chi connectivity index (χ1v) is 7.12.